The van der Waals surface area contributed by atoms with Crippen molar-refractivity contribution in [2.75, 3.05) is 13.6 Å². The number of nitrogens with one attached hydrogen (secondary N) is 1. The van der Waals surface area contributed by atoms with Crippen LogP contribution in [0.25, 0.3) is 0 Å². The maximum atomic E-state index is 13.7. The second kappa shape index (κ2) is 7.44. The molecule has 3 aliphatic rings. The van der Waals surface area contributed by atoms with Crippen molar-refractivity contribution < 1.29 is 32.0 Å². The maximum absolute atomic E-state index is 13.7. The number of rotatable bonds is 3. The van der Waals surface area contributed by atoms with E-state index in [1.54, 1.807) is 17.0 Å². The van der Waals surface area contributed by atoms with Crippen molar-refractivity contribution in [1.82, 2.24) is 15.1 Å². The van der Waals surface area contributed by atoms with Crippen LogP contribution in [0.4, 0.5) is 13.2 Å². The van der Waals surface area contributed by atoms with E-state index in [9.17, 15) is 27.6 Å². The Labute approximate surface area is 187 Å². The number of imide groups is 1. The Kier molecular flexibility index (Phi) is 4.89. The molecule has 3 saturated heterocycles. The van der Waals surface area contributed by atoms with Crippen molar-refractivity contribution in [3.8, 4) is 0 Å². The Balaban J connectivity index is 1.52. The summed E-state index contributed by atoms with van der Waals surface area (Å²) in [6, 6.07) is 7.23. The van der Waals surface area contributed by atoms with Gasteiger partial charge in [0.25, 0.3) is 0 Å². The van der Waals surface area contributed by atoms with Gasteiger partial charge in [-0.1, -0.05) is 12.1 Å². The molecule has 7 nitrogen and oxygen atoms in total. The van der Waals surface area contributed by atoms with Crippen LogP contribution in [0.1, 0.15) is 35.8 Å². The van der Waals surface area contributed by atoms with Gasteiger partial charge < -0.3 is 9.32 Å². The normalized spacial score (nSPS) is 29.9. The highest BCUT2D eigenvalue weighted by atomic mass is 19.4. The van der Waals surface area contributed by atoms with E-state index in [2.05, 4.69) is 5.32 Å². The minimum absolute atomic E-state index is 0.232. The monoisotopic (exact) mass is 461 g/mol. The molecule has 1 aromatic carbocycles. The third-order valence-electron chi connectivity index (χ3n) is 7.07. The molecule has 3 aliphatic heterocycles. The number of halogens is 3. The highest BCUT2D eigenvalue weighted by molar-refractivity contribution is 6.10. The summed E-state index contributed by atoms with van der Waals surface area (Å²) < 4.78 is 44.5. The maximum Gasteiger partial charge on any atom is 0.416 e. The molecule has 4 heterocycles. The molecule has 2 aromatic rings. The van der Waals surface area contributed by atoms with Gasteiger partial charge in [0.1, 0.15) is 11.3 Å². The molecule has 1 N–H and O–H groups in total. The first kappa shape index (κ1) is 21.7. The van der Waals surface area contributed by atoms with E-state index >= 15 is 0 Å². The summed E-state index contributed by atoms with van der Waals surface area (Å²) in [5.74, 6) is -2.37. The summed E-state index contributed by atoms with van der Waals surface area (Å²) in [4.78, 5) is 42.5. The molecule has 4 atom stereocenters. The molecule has 1 spiro atoms. The van der Waals surface area contributed by atoms with E-state index < -0.39 is 47.0 Å². The van der Waals surface area contributed by atoms with Crippen LogP contribution in [0.3, 0.4) is 0 Å². The van der Waals surface area contributed by atoms with Gasteiger partial charge in [-0.05, 0) is 42.7 Å². The summed E-state index contributed by atoms with van der Waals surface area (Å²) in [5, 5.41) is 3.25. The van der Waals surface area contributed by atoms with Crippen LogP contribution in [0, 0.1) is 11.8 Å². The Morgan fingerprint density at radius 1 is 1.12 bits per heavy atom. The lowest BCUT2D eigenvalue weighted by atomic mass is 9.74. The first-order valence-electron chi connectivity index (χ1n) is 10.7. The number of piperidine rings is 1. The number of nitrogens with zero attached hydrogens (tertiary/aromatic N) is 2. The number of carbonyl (C=O) groups is 3. The fraction of sp³-hybridized carbons (Fsp3) is 0.435. The topological polar surface area (TPSA) is 82.9 Å². The van der Waals surface area contributed by atoms with Gasteiger partial charge >= 0.3 is 6.18 Å². The molecule has 5 rings (SSSR count). The van der Waals surface area contributed by atoms with Crippen molar-refractivity contribution in [3.05, 3.63) is 59.5 Å². The highest BCUT2D eigenvalue weighted by Gasteiger charge is 2.68. The van der Waals surface area contributed by atoms with E-state index in [-0.39, 0.29) is 12.5 Å². The Morgan fingerprint density at radius 2 is 1.85 bits per heavy atom. The van der Waals surface area contributed by atoms with Gasteiger partial charge in [0, 0.05) is 19.6 Å². The third-order valence-corrected chi connectivity index (χ3v) is 7.07. The second-order valence-electron chi connectivity index (χ2n) is 8.86. The van der Waals surface area contributed by atoms with Gasteiger partial charge in [-0.3, -0.25) is 24.6 Å². The van der Waals surface area contributed by atoms with Crippen LogP contribution in [-0.4, -0.2) is 46.7 Å². The molecule has 1 aromatic heterocycles. The van der Waals surface area contributed by atoms with Crippen molar-refractivity contribution in [2.24, 2.45) is 11.8 Å². The summed E-state index contributed by atoms with van der Waals surface area (Å²) >= 11 is 0. The van der Waals surface area contributed by atoms with Crippen LogP contribution in [0.5, 0.6) is 0 Å². The Hall–Kier alpha value is -3.14. The lowest BCUT2D eigenvalue weighted by molar-refractivity contribution is -0.149. The molecule has 0 bridgehead atoms. The van der Waals surface area contributed by atoms with Gasteiger partial charge in [-0.2, -0.15) is 13.2 Å². The number of benzene rings is 1. The lowest BCUT2D eigenvalue weighted by Gasteiger charge is -2.42. The minimum atomic E-state index is -4.49. The number of fused-ring (bicyclic) bond motifs is 2. The molecule has 3 fully saturated rings. The van der Waals surface area contributed by atoms with Crippen LogP contribution in [0.2, 0.25) is 0 Å². The summed E-state index contributed by atoms with van der Waals surface area (Å²) in [6.45, 7) is 0.707. The summed E-state index contributed by atoms with van der Waals surface area (Å²) in [7, 11) is 1.38. The first-order valence-corrected chi connectivity index (χ1v) is 10.7. The SMILES string of the molecule is CN1C(=O)[C@H]2[C@@H](c3ccc(C(F)(F)F)cc3)N[C@]3(CCCN(Cc4ccco4)C3=O)[C@H]2C1=O. The Bertz CT molecular complexity index is 1100. The predicted molar refractivity (Wildman–Crippen MR) is 108 cm³/mol. The fourth-order valence-corrected chi connectivity index (χ4v) is 5.52. The average molecular weight is 461 g/mol. The highest BCUT2D eigenvalue weighted by Crippen LogP contribution is 2.51. The first-order chi connectivity index (χ1) is 15.6. The molecule has 33 heavy (non-hydrogen) atoms. The quantitative estimate of drug-likeness (QED) is 0.711. The molecule has 0 saturated carbocycles. The summed E-state index contributed by atoms with van der Waals surface area (Å²) in [6.07, 6.45) is -2.02. The zero-order chi connectivity index (χ0) is 23.5. The number of furan rings is 1. The van der Waals surface area contributed by atoms with Crippen molar-refractivity contribution in [2.45, 2.75) is 37.1 Å². The molecule has 0 unspecified atom stereocenters. The molecular weight excluding hydrogens is 439 g/mol. The minimum Gasteiger partial charge on any atom is -0.467 e. The van der Waals surface area contributed by atoms with Crippen molar-refractivity contribution in [1.29, 1.82) is 0 Å². The van der Waals surface area contributed by atoms with Gasteiger partial charge in [0.15, 0.2) is 0 Å². The van der Waals surface area contributed by atoms with Gasteiger partial charge in [0.05, 0.1) is 30.2 Å². The predicted octanol–water partition coefficient (Wildman–Crippen LogP) is 2.74. The van der Waals surface area contributed by atoms with E-state index in [4.69, 9.17) is 4.42 Å². The zero-order valence-corrected chi connectivity index (χ0v) is 17.8. The second-order valence-corrected chi connectivity index (χ2v) is 8.86. The smallest absolute Gasteiger partial charge is 0.416 e. The fourth-order valence-electron chi connectivity index (χ4n) is 5.52. The lowest BCUT2D eigenvalue weighted by Crippen LogP contribution is -2.63. The molecule has 10 heteroatoms. The number of hydrogen-bond donors (Lipinski definition) is 1. The zero-order valence-electron chi connectivity index (χ0n) is 17.8. The van der Waals surface area contributed by atoms with Crippen LogP contribution in [-0.2, 0) is 27.1 Å². The van der Waals surface area contributed by atoms with Crippen LogP contribution < -0.4 is 5.32 Å². The van der Waals surface area contributed by atoms with Crippen LogP contribution >= 0.6 is 0 Å². The number of likely N-dealkylation sites (tertiary alicyclic amines) is 2. The van der Waals surface area contributed by atoms with E-state index in [1.807, 2.05) is 0 Å². The van der Waals surface area contributed by atoms with Crippen LogP contribution in [0.15, 0.2) is 47.1 Å². The standard InChI is InChI=1S/C23H22F3N3O4/c1-28-19(30)16-17(20(28)31)22(9-3-10-29(21(22)32)12-15-4-2-11-33-15)27-18(16)13-5-7-14(8-6-13)23(24,25)26/h2,4-8,11,16-18,27H,3,9-10,12H2,1H3/t16-,17-,18-,22-/m1/s1. The number of alkyl halides is 3. The Morgan fingerprint density at radius 3 is 2.48 bits per heavy atom. The average Bonchev–Trinajstić information content (AvgIpc) is 3.46. The third kappa shape index (κ3) is 3.26. The van der Waals surface area contributed by atoms with E-state index in [0.29, 0.717) is 30.7 Å². The van der Waals surface area contributed by atoms with E-state index in [1.165, 1.54) is 25.4 Å². The van der Waals surface area contributed by atoms with Gasteiger partial charge in [0.2, 0.25) is 17.7 Å². The number of hydrogen-bond acceptors (Lipinski definition) is 5. The largest absolute Gasteiger partial charge is 0.467 e. The molecule has 0 radical (unpaired) electrons. The molecular formula is C23H22F3N3O4. The number of carbonyl (C=O) groups excluding carboxylic acids is 3. The van der Waals surface area contributed by atoms with Gasteiger partial charge in [-0.25, -0.2) is 0 Å². The van der Waals surface area contributed by atoms with E-state index in [0.717, 1.165) is 17.0 Å². The van der Waals surface area contributed by atoms with Gasteiger partial charge in [-0.15, -0.1) is 0 Å². The van der Waals surface area contributed by atoms with Crippen molar-refractivity contribution >= 4 is 17.7 Å². The molecule has 0 aliphatic carbocycles. The summed E-state index contributed by atoms with van der Waals surface area (Å²) in [5.41, 5.74) is -1.68. The number of amides is 3. The molecule has 174 valence electrons. The molecule has 3 amide bonds. The van der Waals surface area contributed by atoms with Crippen molar-refractivity contribution in [3.63, 3.8) is 0 Å².